The number of hydrogen-bond donors (Lipinski definition) is 1. The van der Waals surface area contributed by atoms with Crippen LogP contribution in [0.2, 0.25) is 0 Å². The van der Waals surface area contributed by atoms with Crippen LogP contribution in [0.25, 0.3) is 0 Å². The topological polar surface area (TPSA) is 15.3 Å². The lowest BCUT2D eigenvalue weighted by atomic mass is 10.1. The van der Waals surface area contributed by atoms with Gasteiger partial charge in [0.05, 0.1) is 0 Å². The summed E-state index contributed by atoms with van der Waals surface area (Å²) in [6.07, 6.45) is 2.85. The Hall–Kier alpha value is -1.02. The molecule has 1 aromatic carbocycles. The van der Waals surface area contributed by atoms with Gasteiger partial charge in [-0.15, -0.1) is 0 Å². The molecule has 1 N–H and O–H groups in total. The summed E-state index contributed by atoms with van der Waals surface area (Å²) in [5.74, 6) is 1.66. The number of aryl methyl sites for hydroxylation is 1. The van der Waals surface area contributed by atoms with Gasteiger partial charge >= 0.3 is 0 Å². The maximum absolute atomic E-state index is 3.52. The molecule has 2 heteroatoms. The summed E-state index contributed by atoms with van der Waals surface area (Å²) in [4.78, 5) is 2.54. The fourth-order valence-corrected chi connectivity index (χ4v) is 2.70. The van der Waals surface area contributed by atoms with E-state index in [1.165, 1.54) is 36.2 Å². The van der Waals surface area contributed by atoms with Gasteiger partial charge in [-0.1, -0.05) is 26.0 Å². The monoisotopic (exact) mass is 274 g/mol. The van der Waals surface area contributed by atoms with Gasteiger partial charge in [0.2, 0.25) is 0 Å². The molecule has 0 aromatic heterocycles. The van der Waals surface area contributed by atoms with Crippen LogP contribution in [0.5, 0.6) is 0 Å². The molecule has 1 fully saturated rings. The Labute approximate surface area is 124 Å². The molecule has 1 aliphatic carbocycles. The van der Waals surface area contributed by atoms with E-state index in [0.717, 1.165) is 25.6 Å². The minimum absolute atomic E-state index is 0.712. The molecule has 0 amide bonds. The molecule has 0 aliphatic heterocycles. The number of nitrogens with one attached hydrogen (secondary N) is 1. The van der Waals surface area contributed by atoms with Crippen LogP contribution in [0.15, 0.2) is 18.2 Å². The Kier molecular flexibility index (Phi) is 5.47. The molecular formula is C18H30N2. The molecule has 0 saturated heterocycles. The number of benzene rings is 1. The summed E-state index contributed by atoms with van der Waals surface area (Å²) in [7, 11) is 0. The summed E-state index contributed by atoms with van der Waals surface area (Å²) in [6, 6.07) is 6.94. The van der Waals surface area contributed by atoms with E-state index in [1.54, 1.807) is 0 Å². The average Bonchev–Trinajstić information content (AvgIpc) is 3.20. The van der Waals surface area contributed by atoms with E-state index in [9.17, 15) is 0 Å². The van der Waals surface area contributed by atoms with Crippen molar-refractivity contribution in [1.29, 1.82) is 0 Å². The van der Waals surface area contributed by atoms with E-state index < -0.39 is 0 Å². The van der Waals surface area contributed by atoms with Crippen LogP contribution in [-0.2, 0) is 6.54 Å². The van der Waals surface area contributed by atoms with Gasteiger partial charge in [-0.25, -0.2) is 0 Å². The van der Waals surface area contributed by atoms with Crippen LogP contribution in [0.4, 0.5) is 5.69 Å². The third-order valence-electron chi connectivity index (χ3n) is 4.04. The Bertz CT molecular complexity index is 421. The van der Waals surface area contributed by atoms with Crippen LogP contribution in [0.1, 0.15) is 44.7 Å². The van der Waals surface area contributed by atoms with Crippen molar-refractivity contribution in [2.45, 2.75) is 47.1 Å². The Balaban J connectivity index is 1.96. The Morgan fingerprint density at radius 1 is 1.30 bits per heavy atom. The molecule has 112 valence electrons. The van der Waals surface area contributed by atoms with Crippen molar-refractivity contribution >= 4 is 5.69 Å². The van der Waals surface area contributed by atoms with Crippen LogP contribution < -0.4 is 10.2 Å². The zero-order valence-electron chi connectivity index (χ0n) is 13.6. The van der Waals surface area contributed by atoms with Gasteiger partial charge in [-0.3, -0.25) is 0 Å². The molecule has 0 spiro atoms. The van der Waals surface area contributed by atoms with Gasteiger partial charge in [0, 0.05) is 25.3 Å². The molecule has 20 heavy (non-hydrogen) atoms. The minimum atomic E-state index is 0.712. The standard InChI is InChI=1S/C18H30N2/c1-5-20(13-16-6-7-16)18-9-8-17(10-15(18)4)12-19-11-14(2)3/h8-10,14,16,19H,5-7,11-13H2,1-4H3. The highest BCUT2D eigenvalue weighted by Gasteiger charge is 2.24. The predicted molar refractivity (Wildman–Crippen MR) is 88.3 cm³/mol. The molecule has 0 heterocycles. The van der Waals surface area contributed by atoms with E-state index in [2.05, 4.69) is 56.1 Å². The van der Waals surface area contributed by atoms with E-state index in [1.807, 2.05) is 0 Å². The number of rotatable bonds is 8. The number of nitrogens with zero attached hydrogens (tertiary/aromatic N) is 1. The maximum atomic E-state index is 3.52. The lowest BCUT2D eigenvalue weighted by molar-refractivity contribution is 0.552. The molecule has 0 radical (unpaired) electrons. The molecule has 2 nitrogen and oxygen atoms in total. The van der Waals surface area contributed by atoms with E-state index >= 15 is 0 Å². The van der Waals surface area contributed by atoms with E-state index in [4.69, 9.17) is 0 Å². The summed E-state index contributed by atoms with van der Waals surface area (Å²) in [5.41, 5.74) is 4.23. The zero-order valence-corrected chi connectivity index (χ0v) is 13.6. The fourth-order valence-electron chi connectivity index (χ4n) is 2.70. The van der Waals surface area contributed by atoms with Crippen molar-refractivity contribution in [3.8, 4) is 0 Å². The Morgan fingerprint density at radius 2 is 2.05 bits per heavy atom. The van der Waals surface area contributed by atoms with Gasteiger partial charge in [0.1, 0.15) is 0 Å². The first kappa shape index (κ1) is 15.4. The van der Waals surface area contributed by atoms with Crippen molar-refractivity contribution in [3.05, 3.63) is 29.3 Å². The van der Waals surface area contributed by atoms with E-state index in [0.29, 0.717) is 5.92 Å². The molecule has 1 saturated carbocycles. The fraction of sp³-hybridized carbons (Fsp3) is 0.667. The maximum Gasteiger partial charge on any atom is 0.0396 e. The first-order chi connectivity index (χ1) is 9.60. The minimum Gasteiger partial charge on any atom is -0.371 e. The largest absolute Gasteiger partial charge is 0.371 e. The third-order valence-corrected chi connectivity index (χ3v) is 4.04. The second kappa shape index (κ2) is 7.12. The highest BCUT2D eigenvalue weighted by Crippen LogP contribution is 2.32. The average molecular weight is 274 g/mol. The third kappa shape index (κ3) is 4.52. The molecule has 2 rings (SSSR count). The van der Waals surface area contributed by atoms with Crippen molar-refractivity contribution < 1.29 is 0 Å². The summed E-state index contributed by atoms with van der Waals surface area (Å²) in [6.45, 7) is 13.4. The predicted octanol–water partition coefficient (Wildman–Crippen LogP) is 3.98. The smallest absolute Gasteiger partial charge is 0.0396 e. The second-order valence-electron chi connectivity index (χ2n) is 6.63. The molecule has 0 unspecified atom stereocenters. The van der Waals surface area contributed by atoms with Crippen molar-refractivity contribution in [2.24, 2.45) is 11.8 Å². The van der Waals surface area contributed by atoms with Crippen LogP contribution in [0, 0.1) is 18.8 Å². The molecule has 0 atom stereocenters. The summed E-state index contributed by atoms with van der Waals surface area (Å²) >= 11 is 0. The van der Waals surface area contributed by atoms with Crippen molar-refractivity contribution in [3.63, 3.8) is 0 Å². The SMILES string of the molecule is CCN(CC1CC1)c1ccc(CNCC(C)C)cc1C. The normalized spacial score (nSPS) is 14.8. The second-order valence-corrected chi connectivity index (χ2v) is 6.63. The lowest BCUT2D eigenvalue weighted by Gasteiger charge is -2.25. The quantitative estimate of drug-likeness (QED) is 0.771. The summed E-state index contributed by atoms with van der Waals surface area (Å²) in [5, 5.41) is 3.52. The molecular weight excluding hydrogens is 244 g/mol. The zero-order chi connectivity index (χ0) is 14.5. The van der Waals surface area contributed by atoms with Crippen LogP contribution >= 0.6 is 0 Å². The molecule has 1 aromatic rings. The van der Waals surface area contributed by atoms with Gasteiger partial charge in [-0.2, -0.15) is 0 Å². The van der Waals surface area contributed by atoms with Gasteiger partial charge in [0.25, 0.3) is 0 Å². The van der Waals surface area contributed by atoms with Gasteiger partial charge in [0.15, 0.2) is 0 Å². The van der Waals surface area contributed by atoms with Crippen LogP contribution in [0.3, 0.4) is 0 Å². The van der Waals surface area contributed by atoms with Gasteiger partial charge in [-0.05, 0) is 62.3 Å². The summed E-state index contributed by atoms with van der Waals surface area (Å²) < 4.78 is 0. The number of hydrogen-bond acceptors (Lipinski definition) is 2. The van der Waals surface area contributed by atoms with Gasteiger partial charge < -0.3 is 10.2 Å². The Morgan fingerprint density at radius 3 is 2.60 bits per heavy atom. The molecule has 0 bridgehead atoms. The lowest BCUT2D eigenvalue weighted by Crippen LogP contribution is -2.26. The number of anilines is 1. The first-order valence-electron chi connectivity index (χ1n) is 8.15. The van der Waals surface area contributed by atoms with E-state index in [-0.39, 0.29) is 0 Å². The highest BCUT2D eigenvalue weighted by atomic mass is 15.1. The van der Waals surface area contributed by atoms with Crippen LogP contribution in [-0.4, -0.2) is 19.6 Å². The van der Waals surface area contributed by atoms with Crippen molar-refractivity contribution in [2.75, 3.05) is 24.5 Å². The highest BCUT2D eigenvalue weighted by molar-refractivity contribution is 5.54. The molecule has 1 aliphatic rings. The van der Waals surface area contributed by atoms with Crippen molar-refractivity contribution in [1.82, 2.24) is 5.32 Å². The first-order valence-corrected chi connectivity index (χ1v) is 8.15.